The van der Waals surface area contributed by atoms with Crippen LogP contribution in [-0.2, 0) is 5.88 Å². The lowest BCUT2D eigenvalue weighted by molar-refractivity contribution is 0.282. The zero-order valence-corrected chi connectivity index (χ0v) is 11.8. The highest BCUT2D eigenvalue weighted by molar-refractivity contribution is 9.10. The van der Waals surface area contributed by atoms with E-state index in [1.54, 1.807) is 0 Å². The summed E-state index contributed by atoms with van der Waals surface area (Å²) in [6, 6.07) is 5.62. The molecule has 0 aliphatic carbocycles. The minimum Gasteiger partial charge on any atom is -0.477 e. The average Bonchev–Trinajstić information content (AvgIpc) is 2.38. The van der Waals surface area contributed by atoms with Gasteiger partial charge in [0.15, 0.2) is 0 Å². The van der Waals surface area contributed by atoms with Crippen LogP contribution in [0, 0.1) is 0 Å². The van der Waals surface area contributed by atoms with Crippen LogP contribution in [0.1, 0.15) is 12.2 Å². The predicted molar refractivity (Wildman–Crippen MR) is 72.9 cm³/mol. The van der Waals surface area contributed by atoms with Gasteiger partial charge in [0.05, 0.1) is 30.1 Å². The Balaban J connectivity index is 2.41. The van der Waals surface area contributed by atoms with Crippen LogP contribution in [-0.4, -0.2) is 23.2 Å². The molecule has 0 saturated carbocycles. The van der Waals surface area contributed by atoms with Gasteiger partial charge < -0.3 is 4.74 Å². The summed E-state index contributed by atoms with van der Waals surface area (Å²) in [5, 5.41) is 0.797. The van der Waals surface area contributed by atoms with E-state index in [1.165, 1.54) is 0 Å². The van der Waals surface area contributed by atoms with Gasteiger partial charge in [-0.2, -0.15) is 4.98 Å². The molecule has 0 fully saturated rings. The van der Waals surface area contributed by atoms with Crippen LogP contribution < -0.4 is 4.74 Å². The Hall–Kier alpha value is -0.940. The monoisotopic (exact) mass is 332 g/mol. The molecule has 6 heteroatoms. The first kappa shape index (κ1) is 13.5. The summed E-state index contributed by atoms with van der Waals surface area (Å²) in [5.41, 5.74) is 0.755. The largest absolute Gasteiger partial charge is 0.477 e. The second-order valence-corrected chi connectivity index (χ2v) is 4.81. The van der Waals surface area contributed by atoms with Gasteiger partial charge >= 0.3 is 0 Å². The highest BCUT2D eigenvalue weighted by atomic mass is 79.9. The number of alkyl halides is 2. The molecule has 0 radical (unpaired) electrons. The topological polar surface area (TPSA) is 35.0 Å². The van der Waals surface area contributed by atoms with E-state index in [-0.39, 0.29) is 5.88 Å². The van der Waals surface area contributed by atoms with E-state index in [4.69, 9.17) is 16.3 Å². The van der Waals surface area contributed by atoms with E-state index in [9.17, 15) is 4.39 Å². The SMILES string of the molecule is FCCCOc1nc(CCl)nc2cc(Br)ccc12. The Morgan fingerprint density at radius 1 is 1.33 bits per heavy atom. The molecule has 0 aliphatic rings. The van der Waals surface area contributed by atoms with Crippen LogP contribution in [0.3, 0.4) is 0 Å². The fourth-order valence-electron chi connectivity index (χ4n) is 1.51. The van der Waals surface area contributed by atoms with E-state index in [2.05, 4.69) is 25.9 Å². The number of aromatic nitrogens is 2. The van der Waals surface area contributed by atoms with Gasteiger partial charge in [-0.1, -0.05) is 15.9 Å². The number of benzene rings is 1. The number of ether oxygens (including phenoxy) is 1. The van der Waals surface area contributed by atoms with Gasteiger partial charge in [-0.15, -0.1) is 11.6 Å². The summed E-state index contributed by atoms with van der Waals surface area (Å²) in [4.78, 5) is 8.53. The number of hydrogen-bond acceptors (Lipinski definition) is 3. The Bertz CT molecular complexity index is 553. The maximum Gasteiger partial charge on any atom is 0.224 e. The second-order valence-electron chi connectivity index (χ2n) is 3.63. The van der Waals surface area contributed by atoms with Crippen LogP contribution in [0.15, 0.2) is 22.7 Å². The van der Waals surface area contributed by atoms with Crippen molar-refractivity contribution in [1.82, 2.24) is 9.97 Å². The van der Waals surface area contributed by atoms with E-state index < -0.39 is 6.67 Å². The molecular formula is C12H11BrClFN2O. The zero-order valence-electron chi connectivity index (χ0n) is 9.50. The lowest BCUT2D eigenvalue weighted by Gasteiger charge is -2.09. The van der Waals surface area contributed by atoms with Gasteiger partial charge in [0, 0.05) is 10.9 Å². The van der Waals surface area contributed by atoms with Crippen molar-refractivity contribution in [3.63, 3.8) is 0 Å². The van der Waals surface area contributed by atoms with Gasteiger partial charge in [0.25, 0.3) is 0 Å². The average molecular weight is 334 g/mol. The molecule has 3 nitrogen and oxygen atoms in total. The van der Waals surface area contributed by atoms with E-state index in [0.29, 0.717) is 24.7 Å². The molecule has 18 heavy (non-hydrogen) atoms. The van der Waals surface area contributed by atoms with Crippen LogP contribution in [0.25, 0.3) is 10.9 Å². The standard InChI is InChI=1S/C12H11BrClFN2O/c13-8-2-3-9-10(6-8)16-11(7-14)17-12(9)18-5-1-4-15/h2-3,6H,1,4-5,7H2. The molecule has 0 bridgehead atoms. The minimum atomic E-state index is -0.406. The van der Waals surface area contributed by atoms with Crippen LogP contribution >= 0.6 is 27.5 Å². The Morgan fingerprint density at radius 2 is 2.17 bits per heavy atom. The molecule has 0 atom stereocenters. The van der Waals surface area contributed by atoms with Crippen molar-refractivity contribution < 1.29 is 9.13 Å². The number of rotatable bonds is 5. The Labute approximate surface area is 117 Å². The number of halogens is 3. The molecule has 2 rings (SSSR count). The third kappa shape index (κ3) is 3.09. The number of hydrogen-bond donors (Lipinski definition) is 0. The van der Waals surface area contributed by atoms with Gasteiger partial charge in [-0.3, -0.25) is 4.39 Å². The van der Waals surface area contributed by atoms with Crippen molar-refractivity contribution in [2.24, 2.45) is 0 Å². The lowest BCUT2D eigenvalue weighted by Crippen LogP contribution is -2.03. The summed E-state index contributed by atoms with van der Waals surface area (Å²) in [7, 11) is 0. The minimum absolute atomic E-state index is 0.210. The van der Waals surface area contributed by atoms with Gasteiger partial charge in [-0.25, -0.2) is 4.98 Å². The first-order valence-corrected chi connectivity index (χ1v) is 6.78. The first-order valence-electron chi connectivity index (χ1n) is 5.45. The first-order chi connectivity index (χ1) is 8.74. The number of fused-ring (bicyclic) bond motifs is 1. The zero-order chi connectivity index (χ0) is 13.0. The summed E-state index contributed by atoms with van der Waals surface area (Å²) < 4.78 is 18.5. The van der Waals surface area contributed by atoms with Crippen molar-refractivity contribution in [2.75, 3.05) is 13.3 Å². The third-order valence-corrected chi connectivity index (χ3v) is 3.04. The van der Waals surface area contributed by atoms with Crippen LogP contribution in [0.2, 0.25) is 0 Å². The molecular weight excluding hydrogens is 323 g/mol. The van der Waals surface area contributed by atoms with Crippen molar-refractivity contribution in [3.05, 3.63) is 28.5 Å². The fraction of sp³-hybridized carbons (Fsp3) is 0.333. The molecule has 0 unspecified atom stereocenters. The molecule has 0 N–H and O–H groups in total. The van der Waals surface area contributed by atoms with Crippen molar-refractivity contribution in [3.8, 4) is 5.88 Å². The summed E-state index contributed by atoms with van der Waals surface area (Å²) in [6.45, 7) is -0.114. The molecule has 1 aromatic heterocycles. The maximum absolute atomic E-state index is 12.1. The van der Waals surface area contributed by atoms with Crippen molar-refractivity contribution in [1.29, 1.82) is 0 Å². The molecule has 0 spiro atoms. The lowest BCUT2D eigenvalue weighted by atomic mass is 10.2. The highest BCUT2D eigenvalue weighted by Gasteiger charge is 2.09. The molecule has 1 heterocycles. The highest BCUT2D eigenvalue weighted by Crippen LogP contribution is 2.26. The van der Waals surface area contributed by atoms with E-state index in [0.717, 1.165) is 15.4 Å². The smallest absolute Gasteiger partial charge is 0.224 e. The Morgan fingerprint density at radius 3 is 2.89 bits per heavy atom. The molecule has 2 aromatic rings. The van der Waals surface area contributed by atoms with Crippen LogP contribution in [0.5, 0.6) is 5.88 Å². The third-order valence-electron chi connectivity index (χ3n) is 2.31. The molecule has 0 saturated heterocycles. The molecule has 0 amide bonds. The van der Waals surface area contributed by atoms with Gasteiger partial charge in [0.2, 0.25) is 5.88 Å². The van der Waals surface area contributed by atoms with Crippen molar-refractivity contribution in [2.45, 2.75) is 12.3 Å². The van der Waals surface area contributed by atoms with Crippen LogP contribution in [0.4, 0.5) is 4.39 Å². The Kier molecular flexibility index (Phi) is 4.72. The van der Waals surface area contributed by atoms with Gasteiger partial charge in [-0.05, 0) is 18.2 Å². The number of nitrogens with zero attached hydrogens (tertiary/aromatic N) is 2. The second kappa shape index (κ2) is 6.29. The normalized spacial score (nSPS) is 10.8. The predicted octanol–water partition coefficient (Wildman–Crippen LogP) is 3.87. The summed E-state index contributed by atoms with van der Waals surface area (Å²) >= 11 is 9.13. The van der Waals surface area contributed by atoms with Crippen molar-refractivity contribution >= 4 is 38.4 Å². The summed E-state index contributed by atoms with van der Waals surface area (Å²) in [5.74, 6) is 1.16. The quantitative estimate of drug-likeness (QED) is 0.615. The van der Waals surface area contributed by atoms with E-state index >= 15 is 0 Å². The summed E-state index contributed by atoms with van der Waals surface area (Å²) in [6.07, 6.45) is 0.345. The molecule has 1 aromatic carbocycles. The van der Waals surface area contributed by atoms with E-state index in [1.807, 2.05) is 18.2 Å². The fourth-order valence-corrected chi connectivity index (χ4v) is 1.98. The van der Waals surface area contributed by atoms with Gasteiger partial charge in [0.1, 0.15) is 5.82 Å². The maximum atomic E-state index is 12.1. The molecule has 96 valence electrons. The molecule has 0 aliphatic heterocycles.